The fraction of sp³-hybridized carbons (Fsp3) is 0.750. The average Bonchev–Trinajstić information content (AvgIpc) is 2.36. The Morgan fingerprint density at radius 3 is 2.70 bits per heavy atom. The number of aliphatic hydroxyl groups excluding tert-OH is 1. The molecule has 1 aromatic heterocycles. The van der Waals surface area contributed by atoms with Crippen LogP contribution >= 0.6 is 11.6 Å². The average molecular weight is 302 g/mol. The van der Waals surface area contributed by atoms with Gasteiger partial charge in [-0.25, -0.2) is 0 Å². The minimum atomic E-state index is -0.386. The molecule has 7 nitrogen and oxygen atoms in total. The van der Waals surface area contributed by atoms with Gasteiger partial charge in [-0.15, -0.1) is 0 Å². The van der Waals surface area contributed by atoms with Crippen LogP contribution < -0.4 is 9.80 Å². The van der Waals surface area contributed by atoms with Gasteiger partial charge >= 0.3 is 0 Å². The third-order valence-electron chi connectivity index (χ3n) is 2.95. The monoisotopic (exact) mass is 301 g/mol. The van der Waals surface area contributed by atoms with Gasteiger partial charge in [0.1, 0.15) is 0 Å². The lowest BCUT2D eigenvalue weighted by Crippen LogP contribution is -2.54. The van der Waals surface area contributed by atoms with Gasteiger partial charge in [0.2, 0.25) is 17.2 Å². The zero-order chi connectivity index (χ0) is 14.9. The van der Waals surface area contributed by atoms with Crippen molar-refractivity contribution >= 4 is 23.5 Å². The summed E-state index contributed by atoms with van der Waals surface area (Å²) in [7, 11) is 3.68. The van der Waals surface area contributed by atoms with Crippen molar-refractivity contribution in [3.63, 3.8) is 0 Å². The molecular weight excluding hydrogens is 282 g/mol. The lowest BCUT2D eigenvalue weighted by Gasteiger charge is -2.42. The van der Waals surface area contributed by atoms with Crippen LogP contribution in [0.3, 0.4) is 0 Å². The van der Waals surface area contributed by atoms with Crippen molar-refractivity contribution in [1.82, 2.24) is 15.0 Å². The maximum Gasteiger partial charge on any atom is 0.231 e. The Bertz CT molecular complexity index is 483. The van der Waals surface area contributed by atoms with E-state index in [4.69, 9.17) is 16.3 Å². The van der Waals surface area contributed by atoms with Crippen molar-refractivity contribution in [2.24, 2.45) is 0 Å². The molecule has 112 valence electrons. The summed E-state index contributed by atoms with van der Waals surface area (Å²) in [5, 5.41) is 9.50. The van der Waals surface area contributed by atoms with Crippen LogP contribution in [0.5, 0.6) is 0 Å². The minimum absolute atomic E-state index is 0.0424. The van der Waals surface area contributed by atoms with Crippen molar-refractivity contribution in [3.05, 3.63) is 5.28 Å². The first kappa shape index (κ1) is 15.2. The molecular formula is C12H20ClN5O2. The molecule has 0 radical (unpaired) electrons. The largest absolute Gasteiger partial charge is 0.394 e. The Morgan fingerprint density at radius 1 is 1.40 bits per heavy atom. The molecule has 1 aliphatic heterocycles. The van der Waals surface area contributed by atoms with Crippen LogP contribution in [0.2, 0.25) is 5.28 Å². The van der Waals surface area contributed by atoms with Gasteiger partial charge in [0, 0.05) is 27.2 Å². The summed E-state index contributed by atoms with van der Waals surface area (Å²) in [5.74, 6) is 1.01. The molecule has 1 unspecified atom stereocenters. The number of morpholine rings is 1. The van der Waals surface area contributed by atoms with E-state index in [1.165, 1.54) is 0 Å². The van der Waals surface area contributed by atoms with Gasteiger partial charge in [0.25, 0.3) is 0 Å². The molecule has 0 aromatic carbocycles. The molecule has 0 spiro atoms. The van der Waals surface area contributed by atoms with Crippen LogP contribution in [-0.4, -0.2) is 65.6 Å². The predicted octanol–water partition coefficient (Wildman–Crippen LogP) is 0.567. The number of aromatic nitrogens is 3. The molecule has 2 rings (SSSR count). The topological polar surface area (TPSA) is 74.6 Å². The van der Waals surface area contributed by atoms with Crippen molar-refractivity contribution in [1.29, 1.82) is 0 Å². The quantitative estimate of drug-likeness (QED) is 0.874. The number of aliphatic hydroxyl groups is 1. The molecule has 0 saturated carbocycles. The fourth-order valence-electron chi connectivity index (χ4n) is 2.21. The number of hydrogen-bond donors (Lipinski definition) is 1. The molecule has 0 bridgehead atoms. The summed E-state index contributed by atoms with van der Waals surface area (Å²) in [5.41, 5.74) is -0.386. The molecule has 1 atom stereocenters. The second-order valence-corrected chi connectivity index (χ2v) is 6.00. The summed E-state index contributed by atoms with van der Waals surface area (Å²) in [6, 6.07) is 0. The summed E-state index contributed by atoms with van der Waals surface area (Å²) in [6.45, 7) is 5.04. The summed E-state index contributed by atoms with van der Waals surface area (Å²) in [6.07, 6.45) is -0.267. The second-order valence-electron chi connectivity index (χ2n) is 5.66. The van der Waals surface area contributed by atoms with E-state index in [1.54, 1.807) is 4.90 Å². The third-order valence-corrected chi connectivity index (χ3v) is 3.12. The molecule has 0 amide bonds. The van der Waals surface area contributed by atoms with Crippen molar-refractivity contribution in [2.75, 3.05) is 43.6 Å². The zero-order valence-corrected chi connectivity index (χ0v) is 12.9. The van der Waals surface area contributed by atoms with Crippen LogP contribution in [-0.2, 0) is 4.74 Å². The first-order valence-corrected chi connectivity index (χ1v) is 6.81. The molecule has 8 heteroatoms. The van der Waals surface area contributed by atoms with Gasteiger partial charge in [-0.2, -0.15) is 15.0 Å². The minimum Gasteiger partial charge on any atom is -0.394 e. The van der Waals surface area contributed by atoms with Gasteiger partial charge in [-0.1, -0.05) is 0 Å². The van der Waals surface area contributed by atoms with Gasteiger partial charge in [0.15, 0.2) is 0 Å². The van der Waals surface area contributed by atoms with E-state index in [1.807, 2.05) is 32.8 Å². The lowest BCUT2D eigenvalue weighted by atomic mass is 10.1. The van der Waals surface area contributed by atoms with Crippen LogP contribution in [0.25, 0.3) is 0 Å². The number of nitrogens with zero attached hydrogens (tertiary/aromatic N) is 5. The van der Waals surface area contributed by atoms with E-state index >= 15 is 0 Å². The maximum atomic E-state index is 9.35. The fourth-order valence-corrected chi connectivity index (χ4v) is 2.37. The van der Waals surface area contributed by atoms with E-state index in [9.17, 15) is 5.11 Å². The third kappa shape index (κ3) is 3.47. The highest BCUT2D eigenvalue weighted by Crippen LogP contribution is 2.25. The lowest BCUT2D eigenvalue weighted by molar-refractivity contribution is -0.101. The Kier molecular flexibility index (Phi) is 4.31. The van der Waals surface area contributed by atoms with E-state index in [2.05, 4.69) is 15.0 Å². The van der Waals surface area contributed by atoms with Crippen molar-refractivity contribution < 1.29 is 9.84 Å². The van der Waals surface area contributed by atoms with Crippen LogP contribution in [0.1, 0.15) is 13.8 Å². The second kappa shape index (κ2) is 5.67. The van der Waals surface area contributed by atoms with E-state index in [-0.39, 0.29) is 23.6 Å². The predicted molar refractivity (Wildman–Crippen MR) is 77.4 cm³/mol. The van der Waals surface area contributed by atoms with Crippen LogP contribution in [0, 0.1) is 0 Å². The van der Waals surface area contributed by atoms with E-state index < -0.39 is 0 Å². The smallest absolute Gasteiger partial charge is 0.231 e. The molecule has 1 saturated heterocycles. The molecule has 1 fully saturated rings. The SMILES string of the molecule is CN(C)c1nc(Cl)nc(N2CC(CO)OC(C)(C)C2)n1. The highest BCUT2D eigenvalue weighted by atomic mass is 35.5. The number of anilines is 2. The zero-order valence-electron chi connectivity index (χ0n) is 12.2. The Morgan fingerprint density at radius 2 is 2.10 bits per heavy atom. The maximum absolute atomic E-state index is 9.35. The Hall–Kier alpha value is -1.18. The van der Waals surface area contributed by atoms with Gasteiger partial charge < -0.3 is 19.6 Å². The van der Waals surface area contributed by atoms with Crippen LogP contribution in [0.4, 0.5) is 11.9 Å². The number of ether oxygens (including phenoxy) is 1. The number of hydrogen-bond acceptors (Lipinski definition) is 7. The Balaban J connectivity index is 2.30. The standard InChI is InChI=1S/C12H20ClN5O2/c1-12(2)7-18(5-8(6-19)20-12)11-15-9(13)14-10(16-11)17(3)4/h8,19H,5-7H2,1-4H3. The van der Waals surface area contributed by atoms with Gasteiger partial charge in [0.05, 0.1) is 18.3 Å². The van der Waals surface area contributed by atoms with Gasteiger partial charge in [-0.3, -0.25) is 0 Å². The van der Waals surface area contributed by atoms with Crippen molar-refractivity contribution in [2.45, 2.75) is 25.6 Å². The highest BCUT2D eigenvalue weighted by molar-refractivity contribution is 6.28. The van der Waals surface area contributed by atoms with E-state index in [0.29, 0.717) is 25.0 Å². The molecule has 20 heavy (non-hydrogen) atoms. The molecule has 1 aliphatic rings. The summed E-state index contributed by atoms with van der Waals surface area (Å²) >= 11 is 5.96. The first-order chi connectivity index (χ1) is 9.30. The van der Waals surface area contributed by atoms with E-state index in [0.717, 1.165) is 0 Å². The molecule has 2 heterocycles. The normalized spacial score (nSPS) is 21.9. The highest BCUT2D eigenvalue weighted by Gasteiger charge is 2.34. The van der Waals surface area contributed by atoms with Crippen LogP contribution in [0.15, 0.2) is 0 Å². The number of rotatable bonds is 3. The first-order valence-electron chi connectivity index (χ1n) is 6.43. The summed E-state index contributed by atoms with van der Waals surface area (Å²) in [4.78, 5) is 16.4. The van der Waals surface area contributed by atoms with Crippen molar-refractivity contribution in [3.8, 4) is 0 Å². The molecule has 1 N–H and O–H groups in total. The Labute approximate surface area is 123 Å². The molecule has 0 aliphatic carbocycles. The molecule has 1 aromatic rings. The van der Waals surface area contributed by atoms with Gasteiger partial charge in [-0.05, 0) is 25.4 Å². The number of halogens is 1. The summed E-state index contributed by atoms with van der Waals surface area (Å²) < 4.78 is 5.78.